The van der Waals surface area contributed by atoms with E-state index in [1.807, 2.05) is 23.8 Å². The maximum Gasteiger partial charge on any atom is 0.418 e. The summed E-state index contributed by atoms with van der Waals surface area (Å²) in [7, 11) is 0. The Morgan fingerprint density at radius 3 is 2.65 bits per heavy atom. The van der Waals surface area contributed by atoms with Crippen LogP contribution in [0, 0.1) is 0 Å². The van der Waals surface area contributed by atoms with E-state index in [0.29, 0.717) is 6.54 Å². The van der Waals surface area contributed by atoms with Gasteiger partial charge in [0.1, 0.15) is 0 Å². The van der Waals surface area contributed by atoms with Crippen LogP contribution < -0.4 is 10.6 Å². The van der Waals surface area contributed by atoms with Crippen LogP contribution in [0.3, 0.4) is 0 Å². The van der Waals surface area contributed by atoms with E-state index in [2.05, 4.69) is 10.6 Å². The topological polar surface area (TPSA) is 41.1 Å². The average molecular weight is 342 g/mol. The fourth-order valence-electron chi connectivity index (χ4n) is 2.08. The Morgan fingerprint density at radius 2 is 2.00 bits per heavy atom. The molecular weight excluding hydrogens is 325 g/mol. The lowest BCUT2D eigenvalue weighted by Crippen LogP contribution is -2.30. The number of amides is 1. The van der Waals surface area contributed by atoms with Crippen LogP contribution in [0.25, 0.3) is 0 Å². The number of carbonyl (C=O) groups is 1. The Morgan fingerprint density at radius 1 is 1.26 bits per heavy atom. The number of para-hydroxylation sites is 1. The Labute approximate surface area is 136 Å². The molecular formula is C16H17F3N2OS. The zero-order chi connectivity index (χ0) is 16.9. The first-order valence-corrected chi connectivity index (χ1v) is 8.01. The molecule has 124 valence electrons. The monoisotopic (exact) mass is 342 g/mol. The van der Waals surface area contributed by atoms with Crippen molar-refractivity contribution >= 4 is 22.9 Å². The Balaban J connectivity index is 1.89. The molecule has 0 fully saturated rings. The molecule has 0 saturated carbocycles. The molecule has 7 heteroatoms. The molecule has 0 saturated heterocycles. The molecule has 2 N–H and O–H groups in total. The van der Waals surface area contributed by atoms with Crippen molar-refractivity contribution in [1.29, 1.82) is 0 Å². The molecule has 0 spiro atoms. The van der Waals surface area contributed by atoms with E-state index in [9.17, 15) is 18.0 Å². The summed E-state index contributed by atoms with van der Waals surface area (Å²) in [5, 5.41) is 9.47. The van der Waals surface area contributed by atoms with Crippen LogP contribution in [0.5, 0.6) is 0 Å². The van der Waals surface area contributed by atoms with E-state index < -0.39 is 17.6 Å². The molecule has 3 nitrogen and oxygen atoms in total. The second-order valence-corrected chi connectivity index (χ2v) is 5.99. The Kier molecular flexibility index (Phi) is 5.79. The fraction of sp³-hybridized carbons (Fsp3) is 0.312. The predicted molar refractivity (Wildman–Crippen MR) is 85.3 cm³/mol. The normalized spacial score (nSPS) is 12.9. The Bertz CT molecular complexity index is 641. The third kappa shape index (κ3) is 5.37. The van der Waals surface area contributed by atoms with Gasteiger partial charge in [-0.05, 0) is 41.4 Å². The lowest BCUT2D eigenvalue weighted by atomic mass is 10.1. The van der Waals surface area contributed by atoms with Gasteiger partial charge in [-0.3, -0.25) is 4.79 Å². The van der Waals surface area contributed by atoms with Crippen LogP contribution in [0.15, 0.2) is 41.1 Å². The zero-order valence-corrected chi connectivity index (χ0v) is 13.3. The first-order valence-electron chi connectivity index (χ1n) is 7.07. The van der Waals surface area contributed by atoms with Crippen molar-refractivity contribution in [3.8, 4) is 0 Å². The highest BCUT2D eigenvalue weighted by Crippen LogP contribution is 2.34. The van der Waals surface area contributed by atoms with Gasteiger partial charge in [0, 0.05) is 19.0 Å². The van der Waals surface area contributed by atoms with Gasteiger partial charge in [0.05, 0.1) is 11.3 Å². The van der Waals surface area contributed by atoms with Crippen molar-refractivity contribution in [3.05, 3.63) is 52.2 Å². The van der Waals surface area contributed by atoms with Gasteiger partial charge in [-0.2, -0.15) is 24.5 Å². The van der Waals surface area contributed by atoms with E-state index in [-0.39, 0.29) is 18.2 Å². The number of nitrogens with one attached hydrogen (secondary N) is 2. The van der Waals surface area contributed by atoms with Gasteiger partial charge in [0.2, 0.25) is 5.91 Å². The Hall–Kier alpha value is -1.86. The summed E-state index contributed by atoms with van der Waals surface area (Å²) in [5.41, 5.74) is 0.0620. The second kappa shape index (κ2) is 7.61. The van der Waals surface area contributed by atoms with Crippen LogP contribution in [-0.2, 0) is 17.5 Å². The lowest BCUT2D eigenvalue weighted by Gasteiger charge is -2.16. The quantitative estimate of drug-likeness (QED) is 0.823. The number of carbonyl (C=O) groups excluding carboxylic acids is 1. The average Bonchev–Trinajstić information content (AvgIpc) is 2.97. The number of anilines is 1. The summed E-state index contributed by atoms with van der Waals surface area (Å²) in [6.45, 7) is 2.44. The maximum absolute atomic E-state index is 12.9. The van der Waals surface area contributed by atoms with Crippen molar-refractivity contribution < 1.29 is 18.0 Å². The third-order valence-electron chi connectivity index (χ3n) is 3.23. The number of halogens is 3. The van der Waals surface area contributed by atoms with Crippen LogP contribution in [0.1, 0.15) is 24.5 Å². The largest absolute Gasteiger partial charge is 0.418 e. The predicted octanol–water partition coefficient (Wildman–Crippen LogP) is 4.27. The van der Waals surface area contributed by atoms with Crippen molar-refractivity contribution in [2.24, 2.45) is 0 Å². The molecule has 1 amide bonds. The highest BCUT2D eigenvalue weighted by atomic mass is 32.1. The van der Waals surface area contributed by atoms with Crippen molar-refractivity contribution in [1.82, 2.24) is 5.32 Å². The van der Waals surface area contributed by atoms with Crippen LogP contribution in [0.4, 0.5) is 18.9 Å². The molecule has 1 aromatic heterocycles. The number of rotatable bonds is 6. The lowest BCUT2D eigenvalue weighted by molar-refractivity contribution is -0.137. The highest BCUT2D eigenvalue weighted by molar-refractivity contribution is 7.07. The summed E-state index contributed by atoms with van der Waals surface area (Å²) in [6.07, 6.45) is -4.40. The number of benzene rings is 1. The number of hydrogen-bond acceptors (Lipinski definition) is 3. The molecule has 2 rings (SSSR count). The van der Waals surface area contributed by atoms with E-state index in [4.69, 9.17) is 0 Å². The van der Waals surface area contributed by atoms with Gasteiger partial charge in [0.25, 0.3) is 0 Å². The molecule has 0 aliphatic rings. The SMILES string of the molecule is CC(CC(=O)Nc1ccccc1C(F)(F)F)NCc1ccsc1. The third-order valence-corrected chi connectivity index (χ3v) is 3.96. The van der Waals surface area contributed by atoms with Crippen LogP contribution in [0.2, 0.25) is 0 Å². The van der Waals surface area contributed by atoms with Gasteiger partial charge in [0.15, 0.2) is 0 Å². The maximum atomic E-state index is 12.9. The number of thiophene rings is 1. The molecule has 2 aromatic rings. The van der Waals surface area contributed by atoms with Crippen LogP contribution in [-0.4, -0.2) is 11.9 Å². The van der Waals surface area contributed by atoms with Gasteiger partial charge < -0.3 is 10.6 Å². The van der Waals surface area contributed by atoms with Gasteiger partial charge in [-0.15, -0.1) is 0 Å². The minimum absolute atomic E-state index is 0.0936. The number of alkyl halides is 3. The first-order chi connectivity index (χ1) is 10.9. The van der Waals surface area contributed by atoms with Crippen molar-refractivity contribution in [2.45, 2.75) is 32.1 Å². The fourth-order valence-corrected chi connectivity index (χ4v) is 2.74. The number of hydrogen-bond donors (Lipinski definition) is 2. The minimum atomic E-state index is -4.49. The highest BCUT2D eigenvalue weighted by Gasteiger charge is 2.33. The molecule has 0 bridgehead atoms. The van der Waals surface area contributed by atoms with Gasteiger partial charge in [-0.1, -0.05) is 12.1 Å². The van der Waals surface area contributed by atoms with E-state index in [1.165, 1.54) is 18.2 Å². The van der Waals surface area contributed by atoms with E-state index in [1.54, 1.807) is 11.3 Å². The molecule has 0 radical (unpaired) electrons. The van der Waals surface area contributed by atoms with E-state index in [0.717, 1.165) is 11.6 Å². The van der Waals surface area contributed by atoms with Crippen LogP contribution >= 0.6 is 11.3 Å². The van der Waals surface area contributed by atoms with Crippen molar-refractivity contribution in [2.75, 3.05) is 5.32 Å². The second-order valence-electron chi connectivity index (χ2n) is 5.21. The summed E-state index contributed by atoms with van der Waals surface area (Å²) in [5.74, 6) is -0.452. The first kappa shape index (κ1) is 17.5. The molecule has 1 atom stereocenters. The summed E-state index contributed by atoms with van der Waals surface area (Å²) < 4.78 is 38.6. The molecule has 0 aliphatic heterocycles. The minimum Gasteiger partial charge on any atom is -0.325 e. The van der Waals surface area contributed by atoms with Crippen molar-refractivity contribution in [3.63, 3.8) is 0 Å². The molecule has 1 aromatic carbocycles. The summed E-state index contributed by atoms with van der Waals surface area (Å²) >= 11 is 1.58. The summed E-state index contributed by atoms with van der Waals surface area (Å²) in [6, 6.07) is 6.79. The summed E-state index contributed by atoms with van der Waals surface area (Å²) in [4.78, 5) is 11.9. The molecule has 1 unspecified atom stereocenters. The van der Waals surface area contributed by atoms with Gasteiger partial charge >= 0.3 is 6.18 Å². The molecule has 23 heavy (non-hydrogen) atoms. The van der Waals surface area contributed by atoms with Gasteiger partial charge in [-0.25, -0.2) is 0 Å². The molecule has 1 heterocycles. The molecule has 0 aliphatic carbocycles. The van der Waals surface area contributed by atoms with E-state index >= 15 is 0 Å². The zero-order valence-electron chi connectivity index (χ0n) is 12.5. The smallest absolute Gasteiger partial charge is 0.325 e. The standard InChI is InChI=1S/C16H17F3N2OS/c1-11(20-9-12-6-7-23-10-12)8-15(22)21-14-5-3-2-4-13(14)16(17,18)19/h2-7,10-11,20H,8-9H2,1H3,(H,21,22).